The van der Waals surface area contributed by atoms with Crippen LogP contribution in [0.3, 0.4) is 0 Å². The van der Waals surface area contributed by atoms with Crippen LogP contribution < -0.4 is 20.3 Å². The fourth-order valence-corrected chi connectivity index (χ4v) is 6.48. The molecule has 5 heterocycles. The second-order valence-corrected chi connectivity index (χ2v) is 12.8. The van der Waals surface area contributed by atoms with Crippen molar-refractivity contribution in [1.29, 1.82) is 0 Å². The lowest BCUT2D eigenvalue weighted by Crippen LogP contribution is -2.23. The zero-order valence-electron chi connectivity index (χ0n) is 26.2. The molecule has 0 atom stereocenters. The summed E-state index contributed by atoms with van der Waals surface area (Å²) in [6.45, 7) is 4.99. The average molecular weight is 648 g/mol. The van der Waals surface area contributed by atoms with Crippen LogP contribution in [0.5, 0.6) is 11.8 Å². The minimum Gasteiger partial charge on any atom is -0.424 e. The molecule has 0 spiro atoms. The van der Waals surface area contributed by atoms with Gasteiger partial charge in [-0.25, -0.2) is 24.4 Å². The monoisotopic (exact) mass is 647 g/mol. The van der Waals surface area contributed by atoms with Crippen LogP contribution in [-0.4, -0.2) is 47.8 Å². The molecule has 238 valence electrons. The number of benzene rings is 2. The van der Waals surface area contributed by atoms with Gasteiger partial charge in [0.15, 0.2) is 5.13 Å². The lowest BCUT2D eigenvalue weighted by Gasteiger charge is -2.11. The third-order valence-corrected chi connectivity index (χ3v) is 8.83. The number of aromatic nitrogens is 6. The Morgan fingerprint density at radius 2 is 1.81 bits per heavy atom. The summed E-state index contributed by atoms with van der Waals surface area (Å²) in [6, 6.07) is 17.2. The van der Waals surface area contributed by atoms with Crippen molar-refractivity contribution in [3.05, 3.63) is 85.1 Å². The van der Waals surface area contributed by atoms with Crippen molar-refractivity contribution in [2.45, 2.75) is 33.1 Å². The quantitative estimate of drug-likeness (QED) is 0.172. The highest BCUT2D eigenvalue weighted by Crippen LogP contribution is 2.34. The van der Waals surface area contributed by atoms with Crippen molar-refractivity contribution < 1.29 is 14.3 Å². The fraction of sp³-hybridized carbons (Fsp3) is 0.235. The van der Waals surface area contributed by atoms with Crippen molar-refractivity contribution in [3.63, 3.8) is 0 Å². The summed E-state index contributed by atoms with van der Waals surface area (Å²) in [7, 11) is 2.01. The SMILES string of the molecule is CC(C)Cc1cc(NC(=O)Nc2cnc(Oc3ccc(-c4cnc(N5CCCC5=O)s4)cc3)nc2)n(-c2ccc3c(ccn3C)c2)n1. The molecule has 0 saturated carbocycles. The van der Waals surface area contributed by atoms with Gasteiger partial charge in [-0.1, -0.05) is 25.2 Å². The number of urea groups is 1. The van der Waals surface area contributed by atoms with E-state index in [-0.39, 0.29) is 11.9 Å². The highest BCUT2D eigenvalue weighted by Gasteiger charge is 2.24. The molecular weight excluding hydrogens is 615 g/mol. The second-order valence-electron chi connectivity index (χ2n) is 11.8. The maximum absolute atomic E-state index is 13.1. The molecule has 12 nitrogen and oxygen atoms in total. The van der Waals surface area contributed by atoms with Gasteiger partial charge in [-0.3, -0.25) is 15.0 Å². The van der Waals surface area contributed by atoms with E-state index in [1.165, 1.54) is 23.7 Å². The summed E-state index contributed by atoms with van der Waals surface area (Å²) in [6.07, 6.45) is 8.99. The van der Waals surface area contributed by atoms with E-state index in [4.69, 9.17) is 9.84 Å². The Labute approximate surface area is 275 Å². The van der Waals surface area contributed by atoms with E-state index < -0.39 is 6.03 Å². The minimum absolute atomic E-state index is 0.122. The molecule has 4 aromatic heterocycles. The molecular formula is C34H33N9O3S. The number of hydrogen-bond donors (Lipinski definition) is 2. The van der Waals surface area contributed by atoms with Crippen LogP contribution in [-0.2, 0) is 18.3 Å². The number of thiazole rings is 1. The summed E-state index contributed by atoms with van der Waals surface area (Å²) in [5.41, 5.74) is 4.22. The first-order chi connectivity index (χ1) is 22.8. The Balaban J connectivity index is 0.993. The Kier molecular flexibility index (Phi) is 8.12. The number of ether oxygens (including phenoxy) is 1. The van der Waals surface area contributed by atoms with Gasteiger partial charge in [-0.05, 0) is 72.9 Å². The molecule has 3 amide bonds. The van der Waals surface area contributed by atoms with Crippen LogP contribution in [0.4, 0.5) is 21.4 Å². The topological polar surface area (TPSA) is 132 Å². The van der Waals surface area contributed by atoms with Crippen LogP contribution in [0.25, 0.3) is 27.0 Å². The van der Waals surface area contributed by atoms with E-state index in [1.807, 2.05) is 55.7 Å². The van der Waals surface area contributed by atoms with Gasteiger partial charge in [0.1, 0.15) is 11.6 Å². The minimum atomic E-state index is -0.448. The van der Waals surface area contributed by atoms with E-state index in [1.54, 1.807) is 15.8 Å². The second kappa shape index (κ2) is 12.7. The van der Waals surface area contributed by atoms with Gasteiger partial charge >= 0.3 is 12.0 Å². The molecule has 1 saturated heterocycles. The summed E-state index contributed by atoms with van der Waals surface area (Å²) >= 11 is 1.49. The van der Waals surface area contributed by atoms with E-state index in [9.17, 15) is 9.59 Å². The van der Waals surface area contributed by atoms with E-state index in [2.05, 4.69) is 56.1 Å². The van der Waals surface area contributed by atoms with Crippen LogP contribution in [0.1, 0.15) is 32.4 Å². The first kappa shape index (κ1) is 30.1. The normalized spacial score (nSPS) is 13.1. The van der Waals surface area contributed by atoms with Gasteiger partial charge in [0.2, 0.25) is 5.91 Å². The molecule has 47 heavy (non-hydrogen) atoms. The summed E-state index contributed by atoms with van der Waals surface area (Å²) < 4.78 is 9.65. The highest BCUT2D eigenvalue weighted by atomic mass is 32.1. The predicted molar refractivity (Wildman–Crippen MR) is 182 cm³/mol. The number of amides is 3. The number of anilines is 3. The maximum Gasteiger partial charge on any atom is 0.324 e. The lowest BCUT2D eigenvalue weighted by atomic mass is 10.1. The molecule has 0 radical (unpaired) electrons. The van der Waals surface area contributed by atoms with Gasteiger partial charge < -0.3 is 14.6 Å². The number of rotatable bonds is 9. The van der Waals surface area contributed by atoms with Crippen LogP contribution in [0.2, 0.25) is 0 Å². The number of nitrogens with one attached hydrogen (secondary N) is 2. The molecule has 1 fully saturated rings. The largest absolute Gasteiger partial charge is 0.424 e. The summed E-state index contributed by atoms with van der Waals surface area (Å²) in [5.74, 6) is 1.64. The van der Waals surface area contributed by atoms with Gasteiger partial charge in [0, 0.05) is 49.4 Å². The molecule has 6 aromatic rings. The molecule has 0 aliphatic carbocycles. The highest BCUT2D eigenvalue weighted by molar-refractivity contribution is 7.19. The Hall–Kier alpha value is -5.56. The molecule has 1 aliphatic heterocycles. The zero-order valence-corrected chi connectivity index (χ0v) is 27.0. The fourth-order valence-electron chi connectivity index (χ4n) is 5.51. The Morgan fingerprint density at radius 1 is 1.00 bits per heavy atom. The van der Waals surface area contributed by atoms with Crippen molar-refractivity contribution in [2.24, 2.45) is 13.0 Å². The molecule has 13 heteroatoms. The molecule has 1 aliphatic rings. The van der Waals surface area contributed by atoms with Crippen molar-refractivity contribution in [2.75, 3.05) is 22.1 Å². The molecule has 7 rings (SSSR count). The van der Waals surface area contributed by atoms with Crippen molar-refractivity contribution in [1.82, 2.24) is 29.3 Å². The van der Waals surface area contributed by atoms with Crippen LogP contribution >= 0.6 is 11.3 Å². The smallest absolute Gasteiger partial charge is 0.324 e. The maximum atomic E-state index is 13.1. The standard InChI is InChI=1S/C34H33N9O3S/c1-21(2)15-24-17-30(43(40-24)26-8-11-28-23(16-26)12-14-41(28)3)39-32(45)38-25-18-35-33(36-19-25)46-27-9-6-22(7-10-27)29-20-37-34(47-29)42-13-4-5-31(42)44/h6-12,14,16-21H,4-5,13,15H2,1-3H3,(H2,38,39,45). The lowest BCUT2D eigenvalue weighted by molar-refractivity contribution is -0.117. The van der Waals surface area contributed by atoms with Crippen molar-refractivity contribution >= 4 is 50.8 Å². The Morgan fingerprint density at radius 3 is 2.55 bits per heavy atom. The first-order valence-electron chi connectivity index (χ1n) is 15.4. The van der Waals surface area contributed by atoms with Gasteiger partial charge in [0.05, 0.1) is 34.3 Å². The van der Waals surface area contributed by atoms with Crippen LogP contribution in [0, 0.1) is 5.92 Å². The Bertz CT molecular complexity index is 2060. The zero-order chi connectivity index (χ0) is 32.5. The van der Waals surface area contributed by atoms with Gasteiger partial charge in [-0.15, -0.1) is 0 Å². The van der Waals surface area contributed by atoms with E-state index in [0.29, 0.717) is 36.1 Å². The van der Waals surface area contributed by atoms with Crippen LogP contribution in [0.15, 0.2) is 79.4 Å². The number of hydrogen-bond acceptors (Lipinski definition) is 8. The van der Waals surface area contributed by atoms with Gasteiger partial charge in [0.25, 0.3) is 0 Å². The summed E-state index contributed by atoms with van der Waals surface area (Å²) in [4.78, 5) is 40.8. The molecule has 2 N–H and O–H groups in total. The number of aryl methyl sites for hydroxylation is 1. The van der Waals surface area contributed by atoms with Gasteiger partial charge in [-0.2, -0.15) is 5.10 Å². The number of carbonyl (C=O) groups excluding carboxylic acids is 2. The van der Waals surface area contributed by atoms with Crippen molar-refractivity contribution in [3.8, 4) is 27.9 Å². The molecule has 0 unspecified atom stereocenters. The molecule has 2 aromatic carbocycles. The predicted octanol–water partition coefficient (Wildman–Crippen LogP) is 7.04. The average Bonchev–Trinajstić information content (AvgIpc) is 3.86. The number of fused-ring (bicyclic) bond motifs is 1. The van der Waals surface area contributed by atoms with E-state index in [0.717, 1.165) is 50.7 Å². The third-order valence-electron chi connectivity index (χ3n) is 7.76. The van der Waals surface area contributed by atoms with E-state index >= 15 is 0 Å². The first-order valence-corrected chi connectivity index (χ1v) is 16.2. The number of nitrogens with zero attached hydrogens (tertiary/aromatic N) is 7. The molecule has 0 bridgehead atoms. The number of carbonyl (C=O) groups is 2. The summed E-state index contributed by atoms with van der Waals surface area (Å²) in [5, 5.41) is 12.3. The third kappa shape index (κ3) is 6.56.